The second kappa shape index (κ2) is 8.15. The third-order valence-corrected chi connectivity index (χ3v) is 5.97. The molecule has 0 unspecified atom stereocenters. The largest absolute Gasteiger partial charge is 0.506 e. The lowest BCUT2D eigenvalue weighted by atomic mass is 10.2. The molecule has 126 valence electrons. The maximum absolute atomic E-state index is 14.0. The predicted octanol–water partition coefficient (Wildman–Crippen LogP) is 4.26. The van der Waals surface area contributed by atoms with Crippen LogP contribution in [0.3, 0.4) is 0 Å². The number of rotatable bonds is 8. The van der Waals surface area contributed by atoms with Gasteiger partial charge in [-0.25, -0.2) is 8.78 Å². The van der Waals surface area contributed by atoms with Crippen LogP contribution in [-0.4, -0.2) is 27.1 Å². The molecule has 0 spiro atoms. The quantitative estimate of drug-likeness (QED) is 0.666. The molecular weight excluding hydrogens is 306 g/mol. The highest BCUT2D eigenvalue weighted by Gasteiger charge is 2.45. The molecule has 0 fully saturated rings. The van der Waals surface area contributed by atoms with Crippen molar-refractivity contribution < 1.29 is 22.1 Å². The van der Waals surface area contributed by atoms with E-state index in [-0.39, 0.29) is 24.4 Å². The highest BCUT2D eigenvalue weighted by Crippen LogP contribution is 2.24. The molecule has 0 bridgehead atoms. The second-order valence-electron chi connectivity index (χ2n) is 6.10. The fraction of sp³-hybridized carbons (Fsp3) is 0.625. The van der Waals surface area contributed by atoms with E-state index in [1.807, 2.05) is 41.5 Å². The van der Waals surface area contributed by atoms with Crippen molar-refractivity contribution in [1.29, 1.82) is 0 Å². The van der Waals surface area contributed by atoms with Crippen molar-refractivity contribution in [3.8, 4) is 0 Å². The number of hydrogen-bond acceptors (Lipinski definition) is 3. The van der Waals surface area contributed by atoms with Gasteiger partial charge < -0.3 is 13.3 Å². The van der Waals surface area contributed by atoms with E-state index >= 15 is 0 Å². The second-order valence-corrected chi connectivity index (χ2v) is 8.52. The van der Waals surface area contributed by atoms with Crippen LogP contribution in [0.4, 0.5) is 8.78 Å². The van der Waals surface area contributed by atoms with E-state index in [0.717, 1.165) is 6.07 Å². The summed E-state index contributed by atoms with van der Waals surface area (Å²) in [4.78, 5) is 0. The van der Waals surface area contributed by atoms with Crippen LogP contribution < -0.4 is 0 Å². The summed E-state index contributed by atoms with van der Waals surface area (Å²) >= 11 is 0. The van der Waals surface area contributed by atoms with E-state index in [4.69, 9.17) is 13.3 Å². The molecule has 0 aromatic heterocycles. The first kappa shape index (κ1) is 19.2. The van der Waals surface area contributed by atoms with E-state index in [1.165, 1.54) is 12.1 Å². The van der Waals surface area contributed by atoms with Crippen LogP contribution in [0.5, 0.6) is 0 Å². The Morgan fingerprint density at radius 2 is 1.32 bits per heavy atom. The first-order chi connectivity index (χ1) is 10.1. The zero-order valence-electron chi connectivity index (χ0n) is 14.2. The van der Waals surface area contributed by atoms with Crippen LogP contribution in [0, 0.1) is 11.6 Å². The molecule has 0 aliphatic carbocycles. The van der Waals surface area contributed by atoms with Crippen LogP contribution in [0.25, 0.3) is 0 Å². The molecule has 0 heterocycles. The molecule has 6 heteroatoms. The molecule has 0 saturated carbocycles. The van der Waals surface area contributed by atoms with Gasteiger partial charge in [0.1, 0.15) is 11.6 Å². The number of benzene rings is 1. The lowest BCUT2D eigenvalue weighted by Gasteiger charge is -2.34. The maximum Gasteiger partial charge on any atom is 0.506 e. The third-order valence-electron chi connectivity index (χ3n) is 2.67. The van der Waals surface area contributed by atoms with Crippen LogP contribution >= 0.6 is 0 Å². The van der Waals surface area contributed by atoms with Crippen LogP contribution in [0.2, 0.25) is 0 Å². The van der Waals surface area contributed by atoms with E-state index in [1.54, 1.807) is 0 Å². The molecule has 0 N–H and O–H groups in total. The highest BCUT2D eigenvalue weighted by atomic mass is 28.4. The summed E-state index contributed by atoms with van der Waals surface area (Å²) in [6.45, 7) is 11.3. The van der Waals surface area contributed by atoms with Gasteiger partial charge in [0, 0.05) is 30.4 Å². The van der Waals surface area contributed by atoms with E-state index < -0.39 is 20.4 Å². The van der Waals surface area contributed by atoms with Crippen molar-refractivity contribution in [2.45, 2.75) is 65.9 Å². The van der Waals surface area contributed by atoms with E-state index in [0.29, 0.717) is 5.56 Å². The lowest BCUT2D eigenvalue weighted by Crippen LogP contribution is -2.53. The number of hydrogen-bond donors (Lipinski definition) is 0. The van der Waals surface area contributed by atoms with Gasteiger partial charge >= 0.3 is 8.80 Å². The molecule has 0 aliphatic rings. The predicted molar refractivity (Wildman–Crippen MR) is 84.5 cm³/mol. The van der Waals surface area contributed by atoms with Crippen molar-refractivity contribution in [3.63, 3.8) is 0 Å². The zero-order valence-corrected chi connectivity index (χ0v) is 15.2. The summed E-state index contributed by atoms with van der Waals surface area (Å²) in [6, 6.07) is 3.70. The van der Waals surface area contributed by atoms with Crippen molar-refractivity contribution in [3.05, 3.63) is 35.4 Å². The van der Waals surface area contributed by atoms with Crippen molar-refractivity contribution in [2.75, 3.05) is 0 Å². The van der Waals surface area contributed by atoms with Gasteiger partial charge in [-0.2, -0.15) is 0 Å². The van der Waals surface area contributed by atoms with Crippen molar-refractivity contribution >= 4 is 8.80 Å². The molecule has 1 aromatic rings. The zero-order chi connectivity index (χ0) is 16.9. The fourth-order valence-corrected chi connectivity index (χ4v) is 5.51. The Balaban J connectivity index is 3.14. The minimum absolute atomic E-state index is 0.118. The monoisotopic (exact) mass is 332 g/mol. The first-order valence-electron chi connectivity index (χ1n) is 7.61. The Labute approximate surface area is 133 Å². The van der Waals surface area contributed by atoms with Gasteiger partial charge in [0.25, 0.3) is 0 Å². The minimum Gasteiger partial charge on any atom is -0.371 e. The summed E-state index contributed by atoms with van der Waals surface area (Å²) in [5, 5.41) is 0. The van der Waals surface area contributed by atoms with Gasteiger partial charge in [-0.05, 0) is 53.2 Å². The molecule has 0 aliphatic heterocycles. The normalized spacial score (nSPS) is 12.7. The van der Waals surface area contributed by atoms with Crippen LogP contribution in [0.15, 0.2) is 18.2 Å². The van der Waals surface area contributed by atoms with Gasteiger partial charge in [0.2, 0.25) is 0 Å². The first-order valence-corrected chi connectivity index (χ1v) is 9.54. The van der Waals surface area contributed by atoms with Gasteiger partial charge in [0.05, 0.1) is 0 Å². The molecule has 0 amide bonds. The molecule has 0 atom stereocenters. The maximum atomic E-state index is 14.0. The number of halogens is 2. The summed E-state index contributed by atoms with van der Waals surface area (Å²) < 4.78 is 45.0. The molecule has 0 saturated heterocycles. The minimum atomic E-state index is -3.14. The van der Waals surface area contributed by atoms with Crippen molar-refractivity contribution in [2.24, 2.45) is 0 Å². The van der Waals surface area contributed by atoms with Crippen LogP contribution in [-0.2, 0) is 19.3 Å². The topological polar surface area (TPSA) is 27.7 Å². The molecular formula is C16H26F2O3Si. The van der Waals surface area contributed by atoms with Gasteiger partial charge in [-0.3, -0.25) is 0 Å². The average Bonchev–Trinajstić information content (AvgIpc) is 2.29. The molecule has 22 heavy (non-hydrogen) atoms. The standard InChI is InChI=1S/C16H26F2O3Si/c1-11(2)19-22(20-12(3)4,21-13(5)6)10-14-7-8-15(17)9-16(14)18/h7-9,11-13H,10H2,1-6H3. The Bertz CT molecular complexity index is 452. The average molecular weight is 332 g/mol. The van der Waals surface area contributed by atoms with Crippen LogP contribution in [0.1, 0.15) is 47.1 Å². The SMILES string of the molecule is CC(C)O[Si](Cc1ccc(F)cc1F)(OC(C)C)OC(C)C. The van der Waals surface area contributed by atoms with Gasteiger partial charge in [-0.1, -0.05) is 6.07 Å². The Morgan fingerprint density at radius 3 is 1.68 bits per heavy atom. The summed E-state index contributed by atoms with van der Waals surface area (Å²) in [5.41, 5.74) is 0.343. The Morgan fingerprint density at radius 1 is 0.864 bits per heavy atom. The molecule has 1 rings (SSSR count). The van der Waals surface area contributed by atoms with E-state index in [2.05, 4.69) is 0 Å². The molecule has 3 nitrogen and oxygen atoms in total. The lowest BCUT2D eigenvalue weighted by molar-refractivity contribution is 0.00216. The van der Waals surface area contributed by atoms with Gasteiger partial charge in [0.15, 0.2) is 0 Å². The fourth-order valence-electron chi connectivity index (χ4n) is 2.18. The highest BCUT2D eigenvalue weighted by molar-refractivity contribution is 6.60. The third kappa shape index (κ3) is 6.12. The smallest absolute Gasteiger partial charge is 0.371 e. The summed E-state index contributed by atoms with van der Waals surface area (Å²) in [5.74, 6) is -1.21. The summed E-state index contributed by atoms with van der Waals surface area (Å²) in [7, 11) is -3.14. The molecule has 1 aromatic carbocycles. The Hall–Kier alpha value is -0.823. The van der Waals surface area contributed by atoms with Crippen molar-refractivity contribution in [1.82, 2.24) is 0 Å². The Kier molecular flexibility index (Phi) is 7.12. The summed E-state index contributed by atoms with van der Waals surface area (Å²) in [6.07, 6.45) is -0.354. The van der Waals surface area contributed by atoms with E-state index in [9.17, 15) is 8.78 Å². The molecule has 0 radical (unpaired) electrons. The van der Waals surface area contributed by atoms with Gasteiger partial charge in [-0.15, -0.1) is 0 Å².